The Kier molecular flexibility index (Phi) is 11.3. The van der Waals surface area contributed by atoms with Crippen LogP contribution in [0.15, 0.2) is 18.2 Å². The number of imide groups is 1. The molecule has 0 aliphatic carbocycles. The van der Waals surface area contributed by atoms with Crippen LogP contribution in [-0.4, -0.2) is 36.5 Å². The number of ether oxygens (including phenoxy) is 2. The number of amides is 2. The Bertz CT molecular complexity index is 663. The molecule has 1 unspecified atom stereocenters. The predicted molar refractivity (Wildman–Crippen MR) is 123 cm³/mol. The van der Waals surface area contributed by atoms with Crippen molar-refractivity contribution < 1.29 is 19.1 Å². The van der Waals surface area contributed by atoms with Gasteiger partial charge in [0, 0.05) is 24.9 Å². The summed E-state index contributed by atoms with van der Waals surface area (Å²) in [4.78, 5) is 25.2. The number of hydrogen-bond acceptors (Lipinski definition) is 4. The van der Waals surface area contributed by atoms with Crippen LogP contribution in [0, 0.1) is 0 Å². The Labute approximate surface area is 189 Å². The Balaban J connectivity index is 2.04. The lowest BCUT2D eigenvalue weighted by atomic mass is 10.1. The summed E-state index contributed by atoms with van der Waals surface area (Å²) >= 11 is 3.69. The van der Waals surface area contributed by atoms with Crippen molar-refractivity contribution in [3.05, 3.63) is 23.8 Å². The highest BCUT2D eigenvalue weighted by molar-refractivity contribution is 9.09. The molecule has 1 saturated heterocycles. The van der Waals surface area contributed by atoms with Crippen molar-refractivity contribution in [2.75, 3.05) is 19.8 Å². The standard InChI is InChI=1S/C24H36BrNO4/c1-3-5-7-9-15-29-19-11-12-22(30-16-10-8-6-4-2)20(17-19)21(25)18-26-23(27)13-14-24(26)28/h11-12,17,21H,3-10,13-16,18H2,1-2H3. The zero-order valence-electron chi connectivity index (χ0n) is 18.5. The van der Waals surface area contributed by atoms with Crippen molar-refractivity contribution in [2.45, 2.75) is 82.9 Å². The summed E-state index contributed by atoms with van der Waals surface area (Å²) in [6.07, 6.45) is 9.81. The van der Waals surface area contributed by atoms with Crippen molar-refractivity contribution >= 4 is 27.7 Å². The average molecular weight is 482 g/mol. The quantitative estimate of drug-likeness (QED) is 0.170. The van der Waals surface area contributed by atoms with E-state index in [1.54, 1.807) is 0 Å². The van der Waals surface area contributed by atoms with Crippen LogP contribution in [0.25, 0.3) is 0 Å². The maximum atomic E-state index is 12.0. The smallest absolute Gasteiger partial charge is 0.229 e. The van der Waals surface area contributed by atoms with Crippen molar-refractivity contribution in [3.63, 3.8) is 0 Å². The molecule has 2 rings (SSSR count). The Hall–Kier alpha value is -1.56. The molecule has 1 heterocycles. The molecule has 5 nitrogen and oxygen atoms in total. The molecular weight excluding hydrogens is 446 g/mol. The molecule has 0 bridgehead atoms. The predicted octanol–water partition coefficient (Wildman–Crippen LogP) is 6.19. The van der Waals surface area contributed by atoms with E-state index in [0.717, 1.165) is 36.3 Å². The van der Waals surface area contributed by atoms with Gasteiger partial charge in [-0.15, -0.1) is 0 Å². The molecule has 1 aliphatic heterocycles. The third-order valence-corrected chi connectivity index (χ3v) is 6.12. The summed E-state index contributed by atoms with van der Waals surface area (Å²) in [7, 11) is 0. The zero-order valence-corrected chi connectivity index (χ0v) is 20.0. The van der Waals surface area contributed by atoms with Gasteiger partial charge < -0.3 is 9.47 Å². The van der Waals surface area contributed by atoms with Crippen LogP contribution in [0.2, 0.25) is 0 Å². The van der Waals surface area contributed by atoms with E-state index in [2.05, 4.69) is 29.8 Å². The monoisotopic (exact) mass is 481 g/mol. The molecule has 1 fully saturated rings. The van der Waals surface area contributed by atoms with Crippen LogP contribution in [0.3, 0.4) is 0 Å². The maximum absolute atomic E-state index is 12.0. The van der Waals surface area contributed by atoms with E-state index in [1.165, 1.54) is 37.0 Å². The van der Waals surface area contributed by atoms with Gasteiger partial charge in [-0.1, -0.05) is 68.3 Å². The molecule has 0 radical (unpaired) electrons. The van der Waals surface area contributed by atoms with Gasteiger partial charge in [-0.05, 0) is 31.0 Å². The average Bonchev–Trinajstić information content (AvgIpc) is 3.06. The molecule has 1 atom stereocenters. The zero-order chi connectivity index (χ0) is 21.8. The molecule has 168 valence electrons. The van der Waals surface area contributed by atoms with E-state index in [1.807, 2.05) is 18.2 Å². The van der Waals surface area contributed by atoms with E-state index in [0.29, 0.717) is 32.6 Å². The van der Waals surface area contributed by atoms with E-state index in [4.69, 9.17) is 9.47 Å². The van der Waals surface area contributed by atoms with Gasteiger partial charge in [0.2, 0.25) is 11.8 Å². The van der Waals surface area contributed by atoms with E-state index >= 15 is 0 Å². The summed E-state index contributed by atoms with van der Waals surface area (Å²) < 4.78 is 12.0. The molecule has 30 heavy (non-hydrogen) atoms. The van der Waals surface area contributed by atoms with Crippen LogP contribution in [0.1, 0.15) is 88.4 Å². The molecule has 0 aromatic heterocycles. The highest BCUT2D eigenvalue weighted by Gasteiger charge is 2.31. The summed E-state index contributed by atoms with van der Waals surface area (Å²) in [5, 5.41) is 0. The van der Waals surface area contributed by atoms with Gasteiger partial charge in [-0.25, -0.2) is 0 Å². The molecule has 1 aromatic carbocycles. The minimum Gasteiger partial charge on any atom is -0.494 e. The number of halogens is 1. The molecule has 0 spiro atoms. The Morgan fingerprint density at radius 2 is 1.50 bits per heavy atom. The second-order valence-electron chi connectivity index (χ2n) is 7.88. The second kappa shape index (κ2) is 13.7. The molecule has 0 N–H and O–H groups in total. The fraction of sp³-hybridized carbons (Fsp3) is 0.667. The minimum absolute atomic E-state index is 0.102. The summed E-state index contributed by atoms with van der Waals surface area (Å²) in [6.45, 7) is 6.04. The minimum atomic E-state index is -0.196. The van der Waals surface area contributed by atoms with Crippen LogP contribution >= 0.6 is 15.9 Å². The number of unbranched alkanes of at least 4 members (excludes halogenated alkanes) is 6. The van der Waals surface area contributed by atoms with Crippen LogP contribution < -0.4 is 9.47 Å². The first-order chi connectivity index (χ1) is 14.6. The third kappa shape index (κ3) is 7.93. The van der Waals surface area contributed by atoms with Crippen molar-refractivity contribution in [1.82, 2.24) is 4.90 Å². The largest absolute Gasteiger partial charge is 0.494 e. The number of hydrogen-bond donors (Lipinski definition) is 0. The lowest BCUT2D eigenvalue weighted by Crippen LogP contribution is -2.32. The summed E-state index contributed by atoms with van der Waals surface area (Å²) in [5.74, 6) is 1.37. The highest BCUT2D eigenvalue weighted by Crippen LogP contribution is 2.36. The van der Waals surface area contributed by atoms with E-state index < -0.39 is 0 Å². The SMILES string of the molecule is CCCCCCOc1ccc(OCCCCCC)c(C(Br)CN2C(=O)CCC2=O)c1. The van der Waals surface area contributed by atoms with Crippen molar-refractivity contribution in [3.8, 4) is 11.5 Å². The third-order valence-electron chi connectivity index (χ3n) is 5.34. The van der Waals surface area contributed by atoms with Crippen LogP contribution in [0.4, 0.5) is 0 Å². The Morgan fingerprint density at radius 1 is 0.900 bits per heavy atom. The van der Waals surface area contributed by atoms with Gasteiger partial charge in [-0.3, -0.25) is 14.5 Å². The lowest BCUT2D eigenvalue weighted by molar-refractivity contribution is -0.138. The fourth-order valence-corrected chi connectivity index (χ4v) is 4.15. The van der Waals surface area contributed by atoms with Crippen LogP contribution in [0.5, 0.6) is 11.5 Å². The van der Waals surface area contributed by atoms with Gasteiger partial charge in [-0.2, -0.15) is 0 Å². The first-order valence-corrected chi connectivity index (χ1v) is 12.3. The number of carbonyl (C=O) groups excluding carboxylic acids is 2. The van der Waals surface area contributed by atoms with E-state index in [9.17, 15) is 9.59 Å². The summed E-state index contributed by atoms with van der Waals surface area (Å²) in [5.41, 5.74) is 0.920. The van der Waals surface area contributed by atoms with Gasteiger partial charge in [0.15, 0.2) is 0 Å². The molecule has 0 saturated carbocycles. The number of nitrogens with zero attached hydrogens (tertiary/aromatic N) is 1. The summed E-state index contributed by atoms with van der Waals surface area (Å²) in [6, 6.07) is 5.86. The normalized spacial score (nSPS) is 15.0. The topological polar surface area (TPSA) is 55.8 Å². The van der Waals surface area contributed by atoms with Crippen molar-refractivity contribution in [2.24, 2.45) is 0 Å². The lowest BCUT2D eigenvalue weighted by Gasteiger charge is -2.21. The first kappa shape index (κ1) is 24.7. The van der Waals surface area contributed by atoms with E-state index in [-0.39, 0.29) is 16.6 Å². The number of likely N-dealkylation sites (tertiary alicyclic amines) is 1. The fourth-order valence-electron chi connectivity index (χ4n) is 3.51. The number of alkyl halides is 1. The van der Waals surface area contributed by atoms with Gasteiger partial charge in [0.05, 0.1) is 18.0 Å². The first-order valence-electron chi connectivity index (χ1n) is 11.4. The number of rotatable bonds is 15. The van der Waals surface area contributed by atoms with Gasteiger partial charge in [0.1, 0.15) is 11.5 Å². The van der Waals surface area contributed by atoms with Crippen LogP contribution in [-0.2, 0) is 9.59 Å². The molecule has 1 aromatic rings. The Morgan fingerprint density at radius 3 is 2.10 bits per heavy atom. The molecular formula is C24H36BrNO4. The maximum Gasteiger partial charge on any atom is 0.229 e. The van der Waals surface area contributed by atoms with Gasteiger partial charge >= 0.3 is 0 Å². The molecule has 2 amide bonds. The van der Waals surface area contributed by atoms with Crippen molar-refractivity contribution in [1.29, 1.82) is 0 Å². The van der Waals surface area contributed by atoms with Gasteiger partial charge in [0.25, 0.3) is 0 Å². The molecule has 6 heteroatoms. The second-order valence-corrected chi connectivity index (χ2v) is 8.99. The molecule has 1 aliphatic rings. The highest BCUT2D eigenvalue weighted by atomic mass is 79.9. The number of benzene rings is 1. The number of carbonyl (C=O) groups is 2.